The van der Waals surface area contributed by atoms with Crippen molar-refractivity contribution in [1.82, 2.24) is 9.88 Å². The normalized spacial score (nSPS) is 10.7. The number of nitro groups is 1. The molecule has 1 amide bonds. The third-order valence-corrected chi connectivity index (χ3v) is 5.12. The molecule has 0 saturated heterocycles. The monoisotopic (exact) mass is 419 g/mol. The Morgan fingerprint density at radius 3 is 2.13 bits per heavy atom. The number of nitrogens with zero attached hydrogens (tertiary/aromatic N) is 2. The van der Waals surface area contributed by atoms with Crippen molar-refractivity contribution in [2.45, 2.75) is 31.7 Å². The van der Waals surface area contributed by atoms with Gasteiger partial charge < -0.3 is 9.88 Å². The molecule has 1 aromatic heterocycles. The lowest BCUT2D eigenvalue weighted by atomic mass is 9.88. The van der Waals surface area contributed by atoms with Gasteiger partial charge in [-0.15, -0.1) is 0 Å². The molecule has 7 heteroatoms. The number of aryl methyl sites for hydroxylation is 1. The number of benzene rings is 2. The standard InChI is InChI=1S/C24H25N3O4/c28-23(17-22(19-9-3-1-4-10-19)20-11-5-2-6-12-20)25-15-7-8-16-26-18-21(27(30)31)13-14-24(26)29/h1-6,9-14,18,22H,7-8,15-17H2,(H,25,28). The highest BCUT2D eigenvalue weighted by Crippen LogP contribution is 2.27. The molecule has 7 nitrogen and oxygen atoms in total. The fourth-order valence-corrected chi connectivity index (χ4v) is 3.49. The van der Waals surface area contributed by atoms with E-state index in [-0.39, 0.29) is 23.1 Å². The van der Waals surface area contributed by atoms with Gasteiger partial charge in [0.05, 0.1) is 11.1 Å². The van der Waals surface area contributed by atoms with Crippen LogP contribution < -0.4 is 10.9 Å². The van der Waals surface area contributed by atoms with E-state index in [4.69, 9.17) is 0 Å². The van der Waals surface area contributed by atoms with Gasteiger partial charge in [-0.2, -0.15) is 0 Å². The number of rotatable bonds is 10. The Labute approximate surface area is 180 Å². The SMILES string of the molecule is O=C(CC(c1ccccc1)c1ccccc1)NCCCCn1cc([N+](=O)[O-])ccc1=O. The number of carbonyl (C=O) groups is 1. The van der Waals surface area contributed by atoms with E-state index in [1.54, 1.807) is 0 Å². The van der Waals surface area contributed by atoms with E-state index in [2.05, 4.69) is 5.32 Å². The maximum absolute atomic E-state index is 12.6. The van der Waals surface area contributed by atoms with Crippen molar-refractivity contribution in [2.24, 2.45) is 0 Å². The Morgan fingerprint density at radius 2 is 1.55 bits per heavy atom. The van der Waals surface area contributed by atoms with E-state index in [0.29, 0.717) is 32.4 Å². The van der Waals surface area contributed by atoms with Crippen LogP contribution in [0.1, 0.15) is 36.3 Å². The van der Waals surface area contributed by atoms with Crippen LogP contribution in [0.2, 0.25) is 0 Å². The molecule has 0 fully saturated rings. The minimum absolute atomic E-state index is 0.0224. The second-order valence-corrected chi connectivity index (χ2v) is 7.31. The van der Waals surface area contributed by atoms with Crippen molar-refractivity contribution in [1.29, 1.82) is 0 Å². The fourth-order valence-electron chi connectivity index (χ4n) is 3.49. The second-order valence-electron chi connectivity index (χ2n) is 7.31. The van der Waals surface area contributed by atoms with Crippen LogP contribution in [0.15, 0.2) is 83.8 Å². The summed E-state index contributed by atoms with van der Waals surface area (Å²) in [6.07, 6.45) is 2.90. The first-order chi connectivity index (χ1) is 15.0. The number of carbonyl (C=O) groups excluding carboxylic acids is 1. The Bertz CT molecular complexity index is 1030. The highest BCUT2D eigenvalue weighted by Gasteiger charge is 2.17. The molecule has 1 heterocycles. The van der Waals surface area contributed by atoms with E-state index in [9.17, 15) is 19.7 Å². The van der Waals surface area contributed by atoms with E-state index >= 15 is 0 Å². The third-order valence-electron chi connectivity index (χ3n) is 5.12. The minimum atomic E-state index is -0.522. The number of unbranched alkanes of at least 4 members (excludes halogenated alkanes) is 1. The van der Waals surface area contributed by atoms with Crippen LogP contribution in [0.3, 0.4) is 0 Å². The molecule has 3 aromatic rings. The molecular formula is C24H25N3O4. The molecular weight excluding hydrogens is 394 g/mol. The zero-order chi connectivity index (χ0) is 22.1. The Hall–Kier alpha value is -3.74. The van der Waals surface area contributed by atoms with Gasteiger partial charge in [0.25, 0.3) is 11.2 Å². The summed E-state index contributed by atoms with van der Waals surface area (Å²) in [4.78, 5) is 34.7. The predicted octanol–water partition coefficient (Wildman–Crippen LogP) is 3.88. The Morgan fingerprint density at radius 1 is 0.935 bits per heavy atom. The van der Waals surface area contributed by atoms with Gasteiger partial charge in [0.15, 0.2) is 0 Å². The maximum atomic E-state index is 12.6. The summed E-state index contributed by atoms with van der Waals surface area (Å²) < 4.78 is 1.33. The molecule has 0 radical (unpaired) electrons. The summed E-state index contributed by atoms with van der Waals surface area (Å²) in [5.41, 5.74) is 1.80. The molecule has 0 atom stereocenters. The van der Waals surface area contributed by atoms with Crippen molar-refractivity contribution < 1.29 is 9.72 Å². The Kier molecular flexibility index (Phi) is 7.70. The van der Waals surface area contributed by atoms with Crippen molar-refractivity contribution in [3.63, 3.8) is 0 Å². The van der Waals surface area contributed by atoms with Gasteiger partial charge in [-0.05, 0) is 24.0 Å². The number of hydrogen-bond donors (Lipinski definition) is 1. The lowest BCUT2D eigenvalue weighted by Crippen LogP contribution is -2.27. The number of hydrogen-bond acceptors (Lipinski definition) is 4. The highest BCUT2D eigenvalue weighted by atomic mass is 16.6. The average Bonchev–Trinajstić information content (AvgIpc) is 2.79. The molecule has 2 aromatic carbocycles. The van der Waals surface area contributed by atoms with Crippen LogP contribution in [0.4, 0.5) is 5.69 Å². The molecule has 3 rings (SSSR count). The van der Waals surface area contributed by atoms with Crippen molar-refractivity contribution >= 4 is 11.6 Å². The molecule has 1 N–H and O–H groups in total. The van der Waals surface area contributed by atoms with E-state index in [1.807, 2.05) is 60.7 Å². The number of pyridine rings is 1. The first-order valence-electron chi connectivity index (χ1n) is 10.3. The minimum Gasteiger partial charge on any atom is -0.356 e. The molecule has 160 valence electrons. The van der Waals surface area contributed by atoms with E-state index in [1.165, 1.54) is 22.9 Å². The molecule has 0 unspecified atom stereocenters. The molecule has 0 spiro atoms. The van der Waals surface area contributed by atoms with Crippen LogP contribution in [-0.4, -0.2) is 21.9 Å². The zero-order valence-electron chi connectivity index (χ0n) is 17.1. The predicted molar refractivity (Wildman–Crippen MR) is 119 cm³/mol. The molecule has 0 aliphatic heterocycles. The summed E-state index contributed by atoms with van der Waals surface area (Å²) in [5.74, 6) is -0.0592. The van der Waals surface area contributed by atoms with Gasteiger partial charge in [0.2, 0.25) is 5.91 Å². The quantitative estimate of drug-likeness (QED) is 0.307. The fraction of sp³-hybridized carbons (Fsp3) is 0.250. The van der Waals surface area contributed by atoms with Gasteiger partial charge in [0, 0.05) is 37.6 Å². The first kappa shape index (κ1) is 22.0. The van der Waals surface area contributed by atoms with Crippen LogP contribution in [0.5, 0.6) is 0 Å². The Balaban J connectivity index is 1.51. The number of nitrogens with one attached hydrogen (secondary N) is 1. The summed E-state index contributed by atoms with van der Waals surface area (Å²) in [6, 6.07) is 22.3. The molecule has 0 bridgehead atoms. The summed E-state index contributed by atoms with van der Waals surface area (Å²) in [7, 11) is 0. The lowest BCUT2D eigenvalue weighted by molar-refractivity contribution is -0.385. The van der Waals surface area contributed by atoms with Crippen molar-refractivity contribution in [3.8, 4) is 0 Å². The lowest BCUT2D eigenvalue weighted by Gasteiger charge is -2.18. The number of aromatic nitrogens is 1. The topological polar surface area (TPSA) is 94.2 Å². The van der Waals surface area contributed by atoms with Gasteiger partial charge in [-0.25, -0.2) is 0 Å². The average molecular weight is 419 g/mol. The first-order valence-corrected chi connectivity index (χ1v) is 10.3. The molecule has 0 aliphatic rings. The smallest absolute Gasteiger partial charge is 0.285 e. The van der Waals surface area contributed by atoms with Crippen molar-refractivity contribution in [2.75, 3.05) is 6.54 Å². The van der Waals surface area contributed by atoms with Gasteiger partial charge in [-0.1, -0.05) is 60.7 Å². The van der Waals surface area contributed by atoms with Crippen LogP contribution >= 0.6 is 0 Å². The highest BCUT2D eigenvalue weighted by molar-refractivity contribution is 5.77. The zero-order valence-corrected chi connectivity index (χ0v) is 17.1. The van der Waals surface area contributed by atoms with Crippen molar-refractivity contribution in [3.05, 3.63) is 111 Å². The van der Waals surface area contributed by atoms with Gasteiger partial charge in [0.1, 0.15) is 0 Å². The third kappa shape index (κ3) is 6.37. The second kappa shape index (κ2) is 10.9. The summed E-state index contributed by atoms with van der Waals surface area (Å²) >= 11 is 0. The molecule has 31 heavy (non-hydrogen) atoms. The molecule has 0 saturated carbocycles. The van der Waals surface area contributed by atoms with E-state index < -0.39 is 4.92 Å². The summed E-state index contributed by atoms with van der Waals surface area (Å²) in [5, 5.41) is 13.8. The van der Waals surface area contributed by atoms with Crippen LogP contribution in [-0.2, 0) is 11.3 Å². The van der Waals surface area contributed by atoms with Crippen LogP contribution in [0, 0.1) is 10.1 Å². The number of amides is 1. The van der Waals surface area contributed by atoms with E-state index in [0.717, 1.165) is 11.1 Å². The maximum Gasteiger partial charge on any atom is 0.285 e. The summed E-state index contributed by atoms with van der Waals surface area (Å²) in [6.45, 7) is 0.853. The van der Waals surface area contributed by atoms with Gasteiger partial charge in [-0.3, -0.25) is 19.7 Å². The van der Waals surface area contributed by atoms with Crippen LogP contribution in [0.25, 0.3) is 0 Å². The largest absolute Gasteiger partial charge is 0.356 e. The molecule has 0 aliphatic carbocycles. The van der Waals surface area contributed by atoms with Gasteiger partial charge >= 0.3 is 0 Å².